The van der Waals surface area contributed by atoms with E-state index in [0.717, 1.165) is 34.2 Å². The van der Waals surface area contributed by atoms with Gasteiger partial charge >= 0.3 is 0 Å². The van der Waals surface area contributed by atoms with E-state index in [1.165, 1.54) is 4.70 Å². The minimum Gasteiger partial charge on any atom is -0.497 e. The van der Waals surface area contributed by atoms with E-state index in [9.17, 15) is 0 Å². The standard InChI is InChI=1S/C13H14N2OS2/c1-16-10-4-5-11-12(8-10)18-13(15-11)9-17-7-3-2-6-14/h4-5,8H,2-3,7,9H2,1H3. The average molecular weight is 278 g/mol. The molecular weight excluding hydrogens is 264 g/mol. The molecule has 0 unspecified atom stereocenters. The van der Waals surface area contributed by atoms with Gasteiger partial charge in [0.15, 0.2) is 0 Å². The second-order valence-electron chi connectivity index (χ2n) is 3.76. The van der Waals surface area contributed by atoms with Crippen molar-refractivity contribution in [2.45, 2.75) is 18.6 Å². The summed E-state index contributed by atoms with van der Waals surface area (Å²) < 4.78 is 6.37. The van der Waals surface area contributed by atoms with E-state index in [1.54, 1.807) is 18.4 Å². The van der Waals surface area contributed by atoms with Gasteiger partial charge in [0.1, 0.15) is 10.8 Å². The van der Waals surface area contributed by atoms with E-state index in [1.807, 2.05) is 30.0 Å². The van der Waals surface area contributed by atoms with Crippen molar-refractivity contribution in [3.8, 4) is 11.8 Å². The van der Waals surface area contributed by atoms with Gasteiger partial charge in [-0.25, -0.2) is 4.98 Å². The highest BCUT2D eigenvalue weighted by atomic mass is 32.2. The summed E-state index contributed by atoms with van der Waals surface area (Å²) in [6, 6.07) is 8.12. The molecule has 0 aliphatic carbocycles. The van der Waals surface area contributed by atoms with Gasteiger partial charge in [0, 0.05) is 12.2 Å². The Hall–Kier alpha value is -1.25. The zero-order valence-corrected chi connectivity index (χ0v) is 11.8. The molecule has 1 heterocycles. The first kappa shape index (κ1) is 13.2. The lowest BCUT2D eigenvalue weighted by molar-refractivity contribution is 0.415. The Labute approximate surface area is 115 Å². The lowest BCUT2D eigenvalue weighted by Gasteiger charge is -1.96. The van der Waals surface area contributed by atoms with Crippen LogP contribution in [0.3, 0.4) is 0 Å². The summed E-state index contributed by atoms with van der Waals surface area (Å²) in [6.45, 7) is 0. The topological polar surface area (TPSA) is 45.9 Å². The molecule has 0 atom stereocenters. The molecule has 1 aromatic carbocycles. The van der Waals surface area contributed by atoms with Crippen LogP contribution in [0.1, 0.15) is 17.8 Å². The van der Waals surface area contributed by atoms with Crippen LogP contribution in [0.4, 0.5) is 0 Å². The molecule has 18 heavy (non-hydrogen) atoms. The fourth-order valence-electron chi connectivity index (χ4n) is 1.55. The highest BCUT2D eigenvalue weighted by Gasteiger charge is 2.05. The second-order valence-corrected chi connectivity index (χ2v) is 5.98. The molecular formula is C13H14N2OS2. The molecule has 0 aliphatic heterocycles. The number of hydrogen-bond donors (Lipinski definition) is 0. The molecule has 3 nitrogen and oxygen atoms in total. The maximum absolute atomic E-state index is 8.45. The van der Waals surface area contributed by atoms with Crippen LogP contribution in [0.15, 0.2) is 18.2 Å². The molecule has 1 aromatic heterocycles. The van der Waals surface area contributed by atoms with Gasteiger partial charge in [0.2, 0.25) is 0 Å². The summed E-state index contributed by atoms with van der Waals surface area (Å²) in [4.78, 5) is 4.58. The quantitative estimate of drug-likeness (QED) is 0.753. The van der Waals surface area contributed by atoms with Gasteiger partial charge in [-0.1, -0.05) is 0 Å². The molecule has 0 radical (unpaired) electrons. The van der Waals surface area contributed by atoms with Crippen molar-refractivity contribution in [2.24, 2.45) is 0 Å². The normalized spacial score (nSPS) is 10.4. The van der Waals surface area contributed by atoms with E-state index in [0.29, 0.717) is 6.42 Å². The van der Waals surface area contributed by atoms with Crippen LogP contribution in [0.5, 0.6) is 5.75 Å². The first-order chi connectivity index (χ1) is 8.83. The van der Waals surface area contributed by atoms with Crippen molar-refractivity contribution in [2.75, 3.05) is 12.9 Å². The molecule has 0 N–H and O–H groups in total. The Kier molecular flexibility index (Phi) is 4.85. The van der Waals surface area contributed by atoms with E-state index < -0.39 is 0 Å². The summed E-state index contributed by atoms with van der Waals surface area (Å²) in [7, 11) is 1.67. The summed E-state index contributed by atoms with van der Waals surface area (Å²) >= 11 is 3.55. The second kappa shape index (κ2) is 6.62. The van der Waals surface area contributed by atoms with Gasteiger partial charge in [-0.2, -0.15) is 17.0 Å². The Morgan fingerprint density at radius 1 is 1.50 bits per heavy atom. The average Bonchev–Trinajstić information content (AvgIpc) is 2.80. The number of nitriles is 1. The van der Waals surface area contributed by atoms with Crippen LogP contribution in [-0.2, 0) is 5.75 Å². The van der Waals surface area contributed by atoms with Crippen molar-refractivity contribution in [1.29, 1.82) is 5.26 Å². The summed E-state index contributed by atoms with van der Waals surface area (Å²) in [5, 5.41) is 9.58. The third kappa shape index (κ3) is 3.37. The van der Waals surface area contributed by atoms with Gasteiger partial charge in [0.05, 0.1) is 23.4 Å². The Morgan fingerprint density at radius 3 is 3.17 bits per heavy atom. The highest BCUT2D eigenvalue weighted by molar-refractivity contribution is 7.98. The largest absolute Gasteiger partial charge is 0.497 e. The minimum absolute atomic E-state index is 0.643. The molecule has 2 rings (SSSR count). The Bertz CT molecular complexity index is 560. The number of unbranched alkanes of at least 4 members (excludes halogenated alkanes) is 1. The van der Waals surface area contributed by atoms with Crippen molar-refractivity contribution in [3.63, 3.8) is 0 Å². The number of ether oxygens (including phenoxy) is 1. The van der Waals surface area contributed by atoms with Gasteiger partial charge in [-0.05, 0) is 30.4 Å². The van der Waals surface area contributed by atoms with E-state index in [4.69, 9.17) is 10.00 Å². The number of nitrogens with zero attached hydrogens (tertiary/aromatic N) is 2. The van der Waals surface area contributed by atoms with Crippen molar-refractivity contribution >= 4 is 33.3 Å². The lowest BCUT2D eigenvalue weighted by atomic mass is 10.3. The fraction of sp³-hybridized carbons (Fsp3) is 0.385. The van der Waals surface area contributed by atoms with Crippen LogP contribution < -0.4 is 4.74 Å². The lowest BCUT2D eigenvalue weighted by Crippen LogP contribution is -1.82. The predicted octanol–water partition coefficient (Wildman–Crippen LogP) is 3.84. The number of benzene rings is 1. The Morgan fingerprint density at radius 2 is 2.39 bits per heavy atom. The van der Waals surface area contributed by atoms with Gasteiger partial charge in [-0.15, -0.1) is 11.3 Å². The zero-order valence-electron chi connectivity index (χ0n) is 10.2. The van der Waals surface area contributed by atoms with Crippen LogP contribution in [0.2, 0.25) is 0 Å². The van der Waals surface area contributed by atoms with E-state index in [2.05, 4.69) is 11.1 Å². The SMILES string of the molecule is COc1ccc2nc(CSCCCC#N)sc2c1. The molecule has 0 aliphatic rings. The number of rotatable bonds is 6. The summed E-state index contributed by atoms with van der Waals surface area (Å²) in [5.74, 6) is 2.82. The molecule has 0 fully saturated rings. The molecule has 0 bridgehead atoms. The molecule has 2 aromatic rings. The number of thioether (sulfide) groups is 1. The molecule has 0 saturated carbocycles. The van der Waals surface area contributed by atoms with Crippen LogP contribution >= 0.6 is 23.1 Å². The monoisotopic (exact) mass is 278 g/mol. The molecule has 0 amide bonds. The maximum Gasteiger partial charge on any atom is 0.120 e. The minimum atomic E-state index is 0.643. The van der Waals surface area contributed by atoms with Crippen molar-refractivity contribution in [1.82, 2.24) is 4.98 Å². The zero-order chi connectivity index (χ0) is 12.8. The van der Waals surface area contributed by atoms with Crippen molar-refractivity contribution in [3.05, 3.63) is 23.2 Å². The maximum atomic E-state index is 8.45. The molecule has 5 heteroatoms. The summed E-state index contributed by atoms with van der Waals surface area (Å²) in [6.07, 6.45) is 1.60. The molecule has 94 valence electrons. The van der Waals surface area contributed by atoms with Gasteiger partial charge in [0.25, 0.3) is 0 Å². The third-order valence-corrected chi connectivity index (χ3v) is 4.70. The fourth-order valence-corrected chi connectivity index (χ4v) is 3.56. The summed E-state index contributed by atoms with van der Waals surface area (Å²) in [5.41, 5.74) is 1.04. The van der Waals surface area contributed by atoms with Crippen LogP contribution in [0, 0.1) is 11.3 Å². The first-order valence-corrected chi connectivity index (χ1v) is 7.69. The number of methoxy groups -OCH3 is 1. The first-order valence-electron chi connectivity index (χ1n) is 5.71. The molecule has 0 saturated heterocycles. The smallest absolute Gasteiger partial charge is 0.120 e. The van der Waals surface area contributed by atoms with Crippen LogP contribution in [0.25, 0.3) is 10.2 Å². The predicted molar refractivity (Wildman–Crippen MR) is 77.2 cm³/mol. The van der Waals surface area contributed by atoms with E-state index in [-0.39, 0.29) is 0 Å². The number of thiazole rings is 1. The van der Waals surface area contributed by atoms with Gasteiger partial charge in [-0.3, -0.25) is 0 Å². The number of hydrogen-bond acceptors (Lipinski definition) is 5. The third-order valence-electron chi connectivity index (χ3n) is 2.44. The van der Waals surface area contributed by atoms with Gasteiger partial charge < -0.3 is 4.74 Å². The highest BCUT2D eigenvalue weighted by Crippen LogP contribution is 2.28. The van der Waals surface area contributed by atoms with E-state index >= 15 is 0 Å². The Balaban J connectivity index is 1.95. The number of aromatic nitrogens is 1. The van der Waals surface area contributed by atoms with Crippen LogP contribution in [-0.4, -0.2) is 17.8 Å². The van der Waals surface area contributed by atoms with Crippen molar-refractivity contribution < 1.29 is 4.74 Å². The number of fused-ring (bicyclic) bond motifs is 1. The molecule has 0 spiro atoms.